The van der Waals surface area contributed by atoms with Gasteiger partial charge in [-0.3, -0.25) is 19.0 Å². The fourth-order valence-electron chi connectivity index (χ4n) is 3.37. The van der Waals surface area contributed by atoms with Gasteiger partial charge < -0.3 is 4.90 Å². The molecule has 0 aliphatic carbocycles. The summed E-state index contributed by atoms with van der Waals surface area (Å²) in [5.74, 6) is 0. The maximum Gasteiger partial charge on any atom is 0.0706 e. The molecule has 1 aromatic heterocycles. The molecule has 5 nitrogen and oxygen atoms in total. The van der Waals surface area contributed by atoms with E-state index in [2.05, 4.69) is 33.0 Å². The number of hydrogen-bond donors (Lipinski definition) is 2. The van der Waals surface area contributed by atoms with Crippen LogP contribution in [0.3, 0.4) is 0 Å². The molecule has 1 fully saturated rings. The zero-order valence-corrected chi connectivity index (χ0v) is 14.2. The van der Waals surface area contributed by atoms with Crippen LogP contribution >= 0.6 is 10.6 Å². The molecular weight excluding hydrogens is 322 g/mol. The standard InChI is InChI=1S/C18H21N3O2S/c22-24(23)13-6-17-15(2-1-3-18(17)24)14-20-9-11-21(12-10-20)16-4-7-19-8-5-16/h1-8,13,22-23H,9-12,14H2. The van der Waals surface area contributed by atoms with Gasteiger partial charge >= 0.3 is 0 Å². The van der Waals surface area contributed by atoms with E-state index in [4.69, 9.17) is 0 Å². The summed E-state index contributed by atoms with van der Waals surface area (Å²) in [4.78, 5) is 9.54. The minimum absolute atomic E-state index is 0.662. The Bertz CT molecular complexity index is 756. The van der Waals surface area contributed by atoms with Crippen LogP contribution in [-0.4, -0.2) is 45.2 Å². The van der Waals surface area contributed by atoms with Gasteiger partial charge in [0, 0.05) is 61.8 Å². The third kappa shape index (κ3) is 2.93. The number of hydrogen-bond acceptors (Lipinski definition) is 5. The fraction of sp³-hybridized carbons (Fsp3) is 0.278. The molecule has 1 saturated heterocycles. The number of benzene rings is 1. The van der Waals surface area contributed by atoms with Crippen LogP contribution in [0.25, 0.3) is 6.08 Å². The average Bonchev–Trinajstić information content (AvgIpc) is 2.93. The van der Waals surface area contributed by atoms with E-state index in [1.807, 2.05) is 30.6 Å². The van der Waals surface area contributed by atoms with Crippen LogP contribution in [-0.2, 0) is 6.54 Å². The molecular formula is C18H21N3O2S. The average molecular weight is 343 g/mol. The third-order valence-electron chi connectivity index (χ3n) is 4.70. The molecule has 6 heteroatoms. The largest absolute Gasteiger partial charge is 0.369 e. The summed E-state index contributed by atoms with van der Waals surface area (Å²) in [6, 6.07) is 9.92. The molecule has 2 N–H and O–H groups in total. The molecule has 2 aliphatic rings. The van der Waals surface area contributed by atoms with Gasteiger partial charge in [0.1, 0.15) is 0 Å². The Balaban J connectivity index is 1.44. The van der Waals surface area contributed by atoms with Gasteiger partial charge in [-0.05, 0) is 29.8 Å². The number of rotatable bonds is 3. The monoisotopic (exact) mass is 343 g/mol. The first-order valence-corrected chi connectivity index (χ1v) is 9.70. The predicted molar refractivity (Wildman–Crippen MR) is 98.3 cm³/mol. The summed E-state index contributed by atoms with van der Waals surface area (Å²) in [7, 11) is -2.73. The van der Waals surface area contributed by atoms with E-state index in [0.29, 0.717) is 4.90 Å². The summed E-state index contributed by atoms with van der Waals surface area (Å²) in [5, 5.41) is 1.53. The van der Waals surface area contributed by atoms with Gasteiger partial charge in [-0.25, -0.2) is 0 Å². The van der Waals surface area contributed by atoms with Crippen LogP contribution in [0, 0.1) is 0 Å². The molecule has 2 aliphatic heterocycles. The fourth-order valence-corrected chi connectivity index (χ4v) is 4.65. The second-order valence-corrected chi connectivity index (χ2v) is 8.09. The number of aromatic nitrogens is 1. The van der Waals surface area contributed by atoms with Gasteiger partial charge in [-0.2, -0.15) is 0 Å². The smallest absolute Gasteiger partial charge is 0.0706 e. The van der Waals surface area contributed by atoms with Crippen molar-refractivity contribution in [2.45, 2.75) is 11.4 Å². The lowest BCUT2D eigenvalue weighted by Crippen LogP contribution is -2.46. The first-order valence-electron chi connectivity index (χ1n) is 8.09. The highest BCUT2D eigenvalue weighted by atomic mass is 32.3. The molecule has 0 spiro atoms. The maximum atomic E-state index is 10.1. The lowest BCUT2D eigenvalue weighted by Gasteiger charge is -2.36. The first-order chi connectivity index (χ1) is 11.6. The molecule has 24 heavy (non-hydrogen) atoms. The minimum atomic E-state index is -2.73. The normalized spacial score (nSPS) is 20.8. The Morgan fingerprint density at radius 1 is 1.00 bits per heavy atom. The van der Waals surface area contributed by atoms with Crippen molar-refractivity contribution in [3.63, 3.8) is 0 Å². The van der Waals surface area contributed by atoms with E-state index in [0.717, 1.165) is 38.3 Å². The van der Waals surface area contributed by atoms with Gasteiger partial charge in [0.15, 0.2) is 0 Å². The summed E-state index contributed by atoms with van der Waals surface area (Å²) in [6.45, 7) is 4.80. The molecule has 2 aromatic rings. The van der Waals surface area contributed by atoms with Gasteiger partial charge in [0.25, 0.3) is 0 Å². The molecule has 126 valence electrons. The number of fused-ring (bicyclic) bond motifs is 1. The van der Waals surface area contributed by atoms with Crippen LogP contribution in [0.4, 0.5) is 5.69 Å². The molecule has 0 bridgehead atoms. The zero-order chi connectivity index (χ0) is 16.6. The molecule has 0 unspecified atom stereocenters. The van der Waals surface area contributed by atoms with Gasteiger partial charge in [-0.1, -0.05) is 12.1 Å². The third-order valence-corrected chi connectivity index (χ3v) is 6.22. The van der Waals surface area contributed by atoms with Crippen molar-refractivity contribution >= 4 is 22.4 Å². The minimum Gasteiger partial charge on any atom is -0.369 e. The number of piperazine rings is 1. The highest BCUT2D eigenvalue weighted by Crippen LogP contribution is 2.56. The highest BCUT2D eigenvalue weighted by molar-refractivity contribution is 8.27. The molecule has 3 heterocycles. The van der Waals surface area contributed by atoms with Crippen molar-refractivity contribution in [1.29, 1.82) is 0 Å². The number of anilines is 1. The van der Waals surface area contributed by atoms with Crippen molar-refractivity contribution in [2.24, 2.45) is 0 Å². The zero-order valence-electron chi connectivity index (χ0n) is 13.4. The Kier molecular flexibility index (Phi) is 4.05. The molecule has 0 radical (unpaired) electrons. The van der Waals surface area contributed by atoms with Crippen LogP contribution in [0.2, 0.25) is 0 Å². The summed E-state index contributed by atoms with van der Waals surface area (Å²) in [6.07, 6.45) is 5.52. The molecule has 4 rings (SSSR count). The number of nitrogens with zero attached hydrogens (tertiary/aromatic N) is 3. The van der Waals surface area contributed by atoms with Crippen molar-refractivity contribution < 1.29 is 9.11 Å². The van der Waals surface area contributed by atoms with E-state index >= 15 is 0 Å². The lowest BCUT2D eigenvalue weighted by molar-refractivity contribution is 0.249. The van der Waals surface area contributed by atoms with Gasteiger partial charge in [0.2, 0.25) is 0 Å². The van der Waals surface area contributed by atoms with Crippen molar-refractivity contribution in [2.75, 3.05) is 31.1 Å². The highest BCUT2D eigenvalue weighted by Gasteiger charge is 2.25. The van der Waals surface area contributed by atoms with E-state index in [1.165, 1.54) is 16.7 Å². The Morgan fingerprint density at radius 2 is 1.75 bits per heavy atom. The maximum absolute atomic E-state index is 10.1. The van der Waals surface area contributed by atoms with Crippen LogP contribution in [0.1, 0.15) is 11.1 Å². The summed E-state index contributed by atoms with van der Waals surface area (Å²) < 4.78 is 20.1. The topological polar surface area (TPSA) is 59.8 Å². The Hall–Kier alpha value is -1.86. The van der Waals surface area contributed by atoms with Gasteiger partial charge in [-0.15, -0.1) is 10.6 Å². The first kappa shape index (κ1) is 15.7. The van der Waals surface area contributed by atoms with E-state index in [1.54, 1.807) is 0 Å². The SMILES string of the molecule is OS1(O)C=Cc2c(CN3CCN(c4ccncc4)CC3)cccc21. The van der Waals surface area contributed by atoms with Crippen molar-refractivity contribution in [3.05, 3.63) is 59.3 Å². The molecule has 0 saturated carbocycles. The molecule has 0 amide bonds. The van der Waals surface area contributed by atoms with E-state index < -0.39 is 10.6 Å². The number of pyridine rings is 1. The van der Waals surface area contributed by atoms with Crippen molar-refractivity contribution in [1.82, 2.24) is 9.88 Å². The van der Waals surface area contributed by atoms with E-state index in [-0.39, 0.29) is 0 Å². The van der Waals surface area contributed by atoms with Crippen molar-refractivity contribution in [3.8, 4) is 0 Å². The van der Waals surface area contributed by atoms with Crippen LogP contribution in [0.5, 0.6) is 0 Å². The second kappa shape index (κ2) is 6.22. The lowest BCUT2D eigenvalue weighted by atomic mass is 10.1. The van der Waals surface area contributed by atoms with Gasteiger partial charge in [0.05, 0.1) is 4.90 Å². The summed E-state index contributed by atoms with van der Waals surface area (Å²) >= 11 is 0. The van der Waals surface area contributed by atoms with E-state index in [9.17, 15) is 9.11 Å². The van der Waals surface area contributed by atoms with Crippen LogP contribution < -0.4 is 4.90 Å². The predicted octanol–water partition coefficient (Wildman–Crippen LogP) is 3.50. The summed E-state index contributed by atoms with van der Waals surface area (Å²) in [5.41, 5.74) is 3.37. The Labute approximate surface area is 143 Å². The molecule has 0 atom stereocenters. The second-order valence-electron chi connectivity index (χ2n) is 6.19. The molecule has 1 aromatic carbocycles. The Morgan fingerprint density at radius 3 is 2.50 bits per heavy atom. The quantitative estimate of drug-likeness (QED) is 0.893. The van der Waals surface area contributed by atoms with Crippen LogP contribution in [0.15, 0.2) is 53.0 Å².